The van der Waals surface area contributed by atoms with Gasteiger partial charge in [-0.25, -0.2) is 13.8 Å². The first kappa shape index (κ1) is 23.2. The zero-order valence-corrected chi connectivity index (χ0v) is 17.9. The van der Waals surface area contributed by atoms with Crippen molar-refractivity contribution in [2.24, 2.45) is 10.8 Å². The van der Waals surface area contributed by atoms with E-state index < -0.39 is 28.4 Å². The molecule has 0 aliphatic carbocycles. The molecule has 0 bridgehead atoms. The zero-order valence-electron chi connectivity index (χ0n) is 16.3. The maximum absolute atomic E-state index is 12.2. The molecule has 3 N–H and O–H groups in total. The molecule has 2 amide bonds. The van der Waals surface area contributed by atoms with Crippen molar-refractivity contribution in [3.05, 3.63) is 58.6 Å². The van der Waals surface area contributed by atoms with Crippen molar-refractivity contribution in [1.82, 2.24) is 5.43 Å². The maximum atomic E-state index is 12.2. The van der Waals surface area contributed by atoms with Crippen LogP contribution in [0.15, 0.2) is 47.6 Å². The van der Waals surface area contributed by atoms with Gasteiger partial charge in [-0.15, -0.1) is 0 Å². The molecule has 0 spiro atoms. The van der Waals surface area contributed by atoms with Crippen LogP contribution in [-0.2, 0) is 19.6 Å². The summed E-state index contributed by atoms with van der Waals surface area (Å²) in [5.41, 5.74) is 8.99. The van der Waals surface area contributed by atoms with Gasteiger partial charge in [0.15, 0.2) is 6.61 Å². The predicted molar refractivity (Wildman–Crippen MR) is 115 cm³/mol. The number of hydrogen-bond acceptors (Lipinski definition) is 6. The molecule has 2 aromatic rings. The summed E-state index contributed by atoms with van der Waals surface area (Å²) < 4.78 is 30.3. The van der Waals surface area contributed by atoms with Crippen LogP contribution in [0.1, 0.15) is 11.1 Å². The number of anilines is 1. The van der Waals surface area contributed by atoms with Crippen LogP contribution < -0.4 is 20.2 Å². The Labute approximate surface area is 179 Å². The highest BCUT2D eigenvalue weighted by molar-refractivity contribution is 7.92. The van der Waals surface area contributed by atoms with Crippen molar-refractivity contribution in [3.63, 3.8) is 0 Å². The lowest BCUT2D eigenvalue weighted by Gasteiger charge is -2.21. The summed E-state index contributed by atoms with van der Waals surface area (Å²) in [5, 5.41) is 4.21. The van der Waals surface area contributed by atoms with E-state index in [1.54, 1.807) is 43.3 Å². The quantitative estimate of drug-likeness (QED) is 0.439. The molecular weight excluding hydrogens is 432 g/mol. The largest absolute Gasteiger partial charge is 0.484 e. The number of aryl methyl sites for hydroxylation is 1. The lowest BCUT2D eigenvalue weighted by molar-refractivity contribution is -0.120. The van der Waals surface area contributed by atoms with E-state index in [1.807, 2.05) is 0 Å². The molecule has 0 saturated carbocycles. The number of ether oxygens (including phenoxy) is 1. The van der Waals surface area contributed by atoms with Gasteiger partial charge >= 0.3 is 0 Å². The topological polar surface area (TPSA) is 131 Å². The van der Waals surface area contributed by atoms with Gasteiger partial charge in [0.1, 0.15) is 12.3 Å². The molecule has 0 aliphatic heterocycles. The third-order valence-electron chi connectivity index (χ3n) is 3.80. The van der Waals surface area contributed by atoms with E-state index in [1.165, 1.54) is 12.3 Å². The third kappa shape index (κ3) is 7.05. The molecule has 0 heterocycles. The summed E-state index contributed by atoms with van der Waals surface area (Å²) in [6.45, 7) is 1.09. The van der Waals surface area contributed by atoms with E-state index >= 15 is 0 Å². The Morgan fingerprint density at radius 2 is 1.90 bits per heavy atom. The highest BCUT2D eigenvalue weighted by atomic mass is 35.5. The lowest BCUT2D eigenvalue weighted by atomic mass is 10.2. The minimum atomic E-state index is -3.72. The van der Waals surface area contributed by atoms with Gasteiger partial charge in [0.05, 0.1) is 18.2 Å². The molecule has 11 heteroatoms. The normalized spacial score (nSPS) is 11.3. The number of primary amides is 1. The van der Waals surface area contributed by atoms with Crippen molar-refractivity contribution in [3.8, 4) is 5.75 Å². The van der Waals surface area contributed by atoms with Gasteiger partial charge in [0, 0.05) is 5.02 Å². The number of carbonyl (C=O) groups is 2. The predicted octanol–water partition coefficient (Wildman–Crippen LogP) is 1.43. The molecule has 0 atom stereocenters. The number of sulfonamides is 1. The monoisotopic (exact) mass is 452 g/mol. The minimum absolute atomic E-state index is 0.230. The van der Waals surface area contributed by atoms with Crippen molar-refractivity contribution in [2.45, 2.75) is 6.92 Å². The maximum Gasteiger partial charge on any atom is 0.260 e. The first-order chi connectivity index (χ1) is 14.1. The van der Waals surface area contributed by atoms with Crippen molar-refractivity contribution in [1.29, 1.82) is 0 Å². The molecule has 0 radical (unpaired) electrons. The van der Waals surface area contributed by atoms with E-state index in [-0.39, 0.29) is 12.3 Å². The first-order valence-electron chi connectivity index (χ1n) is 8.63. The Hall–Kier alpha value is -3.11. The molecule has 9 nitrogen and oxygen atoms in total. The van der Waals surface area contributed by atoms with Crippen molar-refractivity contribution in [2.75, 3.05) is 23.7 Å². The van der Waals surface area contributed by atoms with E-state index in [0.29, 0.717) is 16.3 Å². The molecule has 2 rings (SSSR count). The van der Waals surface area contributed by atoms with Gasteiger partial charge in [-0.1, -0.05) is 17.7 Å². The molecule has 0 unspecified atom stereocenters. The fourth-order valence-corrected chi connectivity index (χ4v) is 3.31. The average Bonchev–Trinajstić information content (AvgIpc) is 2.67. The lowest BCUT2D eigenvalue weighted by Crippen LogP contribution is -2.39. The summed E-state index contributed by atoms with van der Waals surface area (Å²) in [4.78, 5) is 22.9. The Morgan fingerprint density at radius 1 is 1.23 bits per heavy atom. The Balaban J connectivity index is 2.00. The fraction of sp³-hybridized carbons (Fsp3) is 0.211. The van der Waals surface area contributed by atoms with Gasteiger partial charge in [0.25, 0.3) is 11.8 Å². The van der Waals surface area contributed by atoms with E-state index in [4.69, 9.17) is 22.1 Å². The summed E-state index contributed by atoms with van der Waals surface area (Å²) in [6.07, 6.45) is 2.38. The first-order valence-corrected chi connectivity index (χ1v) is 10.9. The number of carbonyl (C=O) groups excluding carboxylic acids is 2. The third-order valence-corrected chi connectivity index (χ3v) is 5.34. The summed E-state index contributed by atoms with van der Waals surface area (Å²) in [7, 11) is -3.72. The Bertz CT molecular complexity index is 1060. The van der Waals surface area contributed by atoms with Gasteiger partial charge in [0.2, 0.25) is 10.0 Å². The van der Waals surface area contributed by atoms with Crippen LogP contribution in [0.3, 0.4) is 0 Å². The number of benzene rings is 2. The molecule has 0 aromatic heterocycles. The second kappa shape index (κ2) is 10.1. The smallest absolute Gasteiger partial charge is 0.260 e. The van der Waals surface area contributed by atoms with Crippen LogP contribution in [0.25, 0.3) is 0 Å². The molecular formula is C19H21ClN4O5S. The highest BCUT2D eigenvalue weighted by Gasteiger charge is 2.21. The Kier molecular flexibility index (Phi) is 7.79. The summed E-state index contributed by atoms with van der Waals surface area (Å²) >= 11 is 6.06. The molecule has 30 heavy (non-hydrogen) atoms. The number of nitrogens with two attached hydrogens (primary N) is 1. The Morgan fingerprint density at radius 3 is 2.47 bits per heavy atom. The average molecular weight is 453 g/mol. The van der Waals surface area contributed by atoms with Gasteiger partial charge in [-0.05, 0) is 54.4 Å². The molecule has 2 aromatic carbocycles. The van der Waals surface area contributed by atoms with E-state index in [9.17, 15) is 18.0 Å². The van der Waals surface area contributed by atoms with Crippen LogP contribution >= 0.6 is 11.6 Å². The number of amides is 2. The van der Waals surface area contributed by atoms with Gasteiger partial charge in [-0.2, -0.15) is 5.10 Å². The van der Waals surface area contributed by atoms with Crippen LogP contribution in [-0.4, -0.2) is 45.9 Å². The summed E-state index contributed by atoms with van der Waals surface area (Å²) in [5.74, 6) is -0.760. The van der Waals surface area contributed by atoms with E-state index in [0.717, 1.165) is 16.1 Å². The SMILES string of the molecule is Cc1ccc(N(CC(=O)N/N=C\c2ccc(OCC(N)=O)cc2)S(C)(=O)=O)cc1Cl. The standard InChI is InChI=1S/C19H21ClN4O5S/c1-13-3-6-15(9-17(13)20)24(30(2,27)28)11-19(26)23-22-10-14-4-7-16(8-5-14)29-12-18(21)25/h3-10H,11-12H2,1-2H3,(H2,21,25)(H,23,26)/b22-10-. The second-order valence-electron chi connectivity index (χ2n) is 6.32. The van der Waals surface area contributed by atoms with Crippen LogP contribution in [0.5, 0.6) is 5.75 Å². The number of halogens is 1. The zero-order chi connectivity index (χ0) is 22.3. The highest BCUT2D eigenvalue weighted by Crippen LogP contribution is 2.24. The molecule has 0 fully saturated rings. The van der Waals surface area contributed by atoms with Crippen LogP contribution in [0.4, 0.5) is 5.69 Å². The van der Waals surface area contributed by atoms with Crippen LogP contribution in [0, 0.1) is 6.92 Å². The van der Waals surface area contributed by atoms with Gasteiger partial charge < -0.3 is 10.5 Å². The number of rotatable bonds is 9. The molecule has 0 aliphatic rings. The number of nitrogens with zero attached hydrogens (tertiary/aromatic N) is 2. The van der Waals surface area contributed by atoms with Gasteiger partial charge in [-0.3, -0.25) is 13.9 Å². The fourth-order valence-electron chi connectivity index (χ4n) is 2.29. The molecule has 0 saturated heterocycles. The van der Waals surface area contributed by atoms with E-state index in [2.05, 4.69) is 10.5 Å². The van der Waals surface area contributed by atoms with Crippen LogP contribution in [0.2, 0.25) is 5.02 Å². The molecule has 160 valence electrons. The van der Waals surface area contributed by atoms with Crippen molar-refractivity contribution < 1.29 is 22.7 Å². The summed E-state index contributed by atoms with van der Waals surface area (Å²) in [6, 6.07) is 11.3. The van der Waals surface area contributed by atoms with Crippen molar-refractivity contribution >= 4 is 45.3 Å². The second-order valence-corrected chi connectivity index (χ2v) is 8.63. The number of hydrogen-bond donors (Lipinski definition) is 2. The number of nitrogens with one attached hydrogen (secondary N) is 1. The minimum Gasteiger partial charge on any atom is -0.484 e. The number of hydrazone groups is 1.